The van der Waals surface area contributed by atoms with Crippen LogP contribution in [0.1, 0.15) is 18.7 Å². The molecule has 2 aromatic rings. The normalized spacial score (nSPS) is 12.2. The number of halogens is 6. The zero-order chi connectivity index (χ0) is 18.0. The van der Waals surface area contributed by atoms with Crippen molar-refractivity contribution in [3.05, 3.63) is 30.2 Å². The second-order valence-electron chi connectivity index (χ2n) is 4.66. The molecule has 0 spiro atoms. The summed E-state index contributed by atoms with van der Waals surface area (Å²) < 4.78 is 77.1. The van der Waals surface area contributed by atoms with Gasteiger partial charge >= 0.3 is 18.2 Å². The molecule has 24 heavy (non-hydrogen) atoms. The molecule has 1 N–H and O–H groups in total. The van der Waals surface area contributed by atoms with Gasteiger partial charge in [0.1, 0.15) is 0 Å². The molecule has 1 aromatic heterocycles. The smallest absolute Gasteiger partial charge is 0.329 e. The van der Waals surface area contributed by atoms with E-state index in [1.807, 2.05) is 0 Å². The number of carbonyl (C=O) groups excluding carboxylic acids is 1. The zero-order valence-electron chi connectivity index (χ0n) is 11.7. The van der Waals surface area contributed by atoms with E-state index in [0.29, 0.717) is 0 Å². The molecule has 0 saturated carbocycles. The number of nitrogens with zero attached hydrogens (tertiary/aromatic N) is 2. The Bertz CT molecular complexity index is 706. The maximum Gasteiger partial charge on any atom is 0.471 e. The van der Waals surface area contributed by atoms with Gasteiger partial charge in [-0.1, -0.05) is 5.16 Å². The predicted molar refractivity (Wildman–Crippen MR) is 68.7 cm³/mol. The monoisotopic (exact) mass is 353 g/mol. The largest absolute Gasteiger partial charge is 0.471 e. The van der Waals surface area contributed by atoms with Gasteiger partial charge in [-0.05, 0) is 24.3 Å². The maximum absolute atomic E-state index is 12.4. The van der Waals surface area contributed by atoms with Crippen LogP contribution >= 0.6 is 0 Å². The summed E-state index contributed by atoms with van der Waals surface area (Å²) >= 11 is 0. The molecular weight excluding hydrogens is 344 g/mol. The van der Waals surface area contributed by atoms with Crippen molar-refractivity contribution in [1.29, 1.82) is 0 Å². The fourth-order valence-electron chi connectivity index (χ4n) is 1.64. The minimum Gasteiger partial charge on any atom is -0.329 e. The molecule has 0 aliphatic heterocycles. The summed E-state index contributed by atoms with van der Waals surface area (Å²) in [5.41, 5.74) is 0.369. The number of carbonyl (C=O) groups is 1. The SMILES string of the molecule is O=C(CCC(F)(F)F)Nc1ccc(-c2noc(C(F)(F)F)n2)cc1. The fraction of sp³-hybridized carbons (Fsp3) is 0.308. The molecule has 0 aliphatic carbocycles. The molecule has 130 valence electrons. The standard InChI is InChI=1S/C13H9F6N3O2/c14-12(15,16)6-5-9(23)20-8-3-1-7(2-4-8)10-21-11(24-22-10)13(17,18)19/h1-4H,5-6H2,(H,20,23). The third-order valence-electron chi connectivity index (χ3n) is 2.73. The quantitative estimate of drug-likeness (QED) is 0.843. The zero-order valence-corrected chi connectivity index (χ0v) is 11.7. The molecule has 0 saturated heterocycles. The summed E-state index contributed by atoms with van der Waals surface area (Å²) in [5.74, 6) is -2.64. The van der Waals surface area contributed by atoms with Gasteiger partial charge < -0.3 is 9.84 Å². The third-order valence-corrected chi connectivity index (χ3v) is 2.73. The lowest BCUT2D eigenvalue weighted by molar-refractivity contribution is -0.159. The highest BCUT2D eigenvalue weighted by Crippen LogP contribution is 2.29. The van der Waals surface area contributed by atoms with Gasteiger partial charge in [0.2, 0.25) is 11.7 Å². The van der Waals surface area contributed by atoms with E-state index in [0.717, 1.165) is 0 Å². The van der Waals surface area contributed by atoms with Crippen molar-refractivity contribution in [3.8, 4) is 11.4 Å². The minimum atomic E-state index is -4.77. The Balaban J connectivity index is 2.00. The van der Waals surface area contributed by atoms with Crippen LogP contribution < -0.4 is 5.32 Å². The first-order valence-electron chi connectivity index (χ1n) is 6.42. The Morgan fingerprint density at radius 2 is 1.71 bits per heavy atom. The number of benzene rings is 1. The van der Waals surface area contributed by atoms with Crippen LogP contribution in [0, 0.1) is 0 Å². The van der Waals surface area contributed by atoms with E-state index in [1.54, 1.807) is 0 Å². The average Bonchev–Trinajstić information content (AvgIpc) is 2.95. The Kier molecular flexibility index (Phi) is 4.81. The van der Waals surface area contributed by atoms with Gasteiger partial charge in [0.05, 0.1) is 6.42 Å². The Hall–Kier alpha value is -2.59. The molecule has 1 amide bonds. The summed E-state index contributed by atoms with van der Waals surface area (Å²) in [5, 5.41) is 5.42. The van der Waals surface area contributed by atoms with Gasteiger partial charge in [0, 0.05) is 17.7 Å². The van der Waals surface area contributed by atoms with E-state index in [9.17, 15) is 31.1 Å². The van der Waals surface area contributed by atoms with Crippen LogP contribution in [0.15, 0.2) is 28.8 Å². The number of amides is 1. The predicted octanol–water partition coefficient (Wildman–Crippen LogP) is 4.04. The first kappa shape index (κ1) is 17.8. The van der Waals surface area contributed by atoms with Crippen LogP contribution in [-0.4, -0.2) is 22.2 Å². The van der Waals surface area contributed by atoms with Crippen molar-refractivity contribution in [2.75, 3.05) is 5.32 Å². The van der Waals surface area contributed by atoms with Crippen LogP contribution in [0.25, 0.3) is 11.4 Å². The van der Waals surface area contributed by atoms with E-state index >= 15 is 0 Å². The number of rotatable bonds is 4. The van der Waals surface area contributed by atoms with Crippen molar-refractivity contribution >= 4 is 11.6 Å². The second-order valence-corrected chi connectivity index (χ2v) is 4.66. The molecule has 0 atom stereocenters. The van der Waals surface area contributed by atoms with Crippen LogP contribution in [-0.2, 0) is 11.0 Å². The van der Waals surface area contributed by atoms with Crippen molar-refractivity contribution in [2.24, 2.45) is 0 Å². The number of anilines is 1. The van der Waals surface area contributed by atoms with Crippen molar-refractivity contribution in [1.82, 2.24) is 10.1 Å². The van der Waals surface area contributed by atoms with Crippen LogP contribution in [0.4, 0.5) is 32.0 Å². The summed E-state index contributed by atoms with van der Waals surface area (Å²) in [7, 11) is 0. The van der Waals surface area contributed by atoms with E-state index in [-0.39, 0.29) is 17.1 Å². The van der Waals surface area contributed by atoms with Gasteiger partial charge in [-0.3, -0.25) is 4.79 Å². The van der Waals surface area contributed by atoms with Crippen LogP contribution in [0.3, 0.4) is 0 Å². The number of hydrogen-bond donors (Lipinski definition) is 1. The minimum absolute atomic E-state index is 0.183. The molecule has 11 heteroatoms. The third kappa shape index (κ3) is 4.96. The molecule has 0 aliphatic rings. The summed E-state index contributed by atoms with van der Waals surface area (Å²) in [4.78, 5) is 14.5. The highest BCUT2D eigenvalue weighted by molar-refractivity contribution is 5.90. The lowest BCUT2D eigenvalue weighted by Crippen LogP contribution is -2.16. The molecule has 0 unspecified atom stereocenters. The molecular formula is C13H9F6N3O2. The summed E-state index contributed by atoms with van der Waals surface area (Å²) in [6, 6.07) is 5.18. The number of aromatic nitrogens is 2. The van der Waals surface area contributed by atoms with Crippen molar-refractivity contribution < 1.29 is 35.7 Å². The molecule has 1 heterocycles. The van der Waals surface area contributed by atoms with Gasteiger partial charge in [0.15, 0.2) is 0 Å². The van der Waals surface area contributed by atoms with Crippen LogP contribution in [0.5, 0.6) is 0 Å². The first-order valence-corrected chi connectivity index (χ1v) is 6.42. The van der Waals surface area contributed by atoms with Gasteiger partial charge in [-0.15, -0.1) is 0 Å². The molecule has 5 nitrogen and oxygen atoms in total. The maximum atomic E-state index is 12.4. The summed E-state index contributed by atoms with van der Waals surface area (Å²) in [6.07, 6.45) is -11.2. The molecule has 0 radical (unpaired) electrons. The molecule has 1 aromatic carbocycles. The average molecular weight is 353 g/mol. The molecule has 0 bridgehead atoms. The van der Waals surface area contributed by atoms with Crippen molar-refractivity contribution in [3.63, 3.8) is 0 Å². The highest BCUT2D eigenvalue weighted by atomic mass is 19.4. The number of nitrogens with one attached hydrogen (secondary N) is 1. The lowest BCUT2D eigenvalue weighted by Gasteiger charge is -2.07. The van der Waals surface area contributed by atoms with Crippen LogP contribution in [0.2, 0.25) is 0 Å². The van der Waals surface area contributed by atoms with E-state index < -0.39 is 37.0 Å². The Labute approximate surface area is 130 Å². The molecule has 2 rings (SSSR count). The topological polar surface area (TPSA) is 68.0 Å². The first-order chi connectivity index (χ1) is 11.0. The Morgan fingerprint density at radius 1 is 1.08 bits per heavy atom. The lowest BCUT2D eigenvalue weighted by atomic mass is 10.2. The highest BCUT2D eigenvalue weighted by Gasteiger charge is 2.38. The van der Waals surface area contributed by atoms with Gasteiger partial charge in [-0.2, -0.15) is 31.3 Å². The second kappa shape index (κ2) is 6.49. The fourth-order valence-corrected chi connectivity index (χ4v) is 1.64. The van der Waals surface area contributed by atoms with E-state index in [1.165, 1.54) is 24.3 Å². The van der Waals surface area contributed by atoms with Gasteiger partial charge in [0.25, 0.3) is 0 Å². The van der Waals surface area contributed by atoms with E-state index in [4.69, 9.17) is 0 Å². The van der Waals surface area contributed by atoms with E-state index in [2.05, 4.69) is 20.0 Å². The number of alkyl halides is 6. The van der Waals surface area contributed by atoms with Crippen molar-refractivity contribution in [2.45, 2.75) is 25.2 Å². The Morgan fingerprint density at radius 3 is 2.21 bits per heavy atom. The van der Waals surface area contributed by atoms with Gasteiger partial charge in [-0.25, -0.2) is 0 Å². The number of hydrogen-bond acceptors (Lipinski definition) is 4. The summed E-state index contributed by atoms with van der Waals surface area (Å²) in [6.45, 7) is 0. The molecule has 0 fully saturated rings.